The molecule has 0 saturated carbocycles. The van der Waals surface area contributed by atoms with Crippen LogP contribution >= 0.6 is 0 Å². The minimum absolute atomic E-state index is 0.277. The van der Waals surface area contributed by atoms with Gasteiger partial charge in [0.15, 0.2) is 0 Å². The Bertz CT molecular complexity index is 877. The maximum Gasteiger partial charge on any atom is 0.325 e. The highest BCUT2D eigenvalue weighted by molar-refractivity contribution is 6.09. The lowest BCUT2D eigenvalue weighted by molar-refractivity contribution is -0.134. The predicted octanol–water partition coefficient (Wildman–Crippen LogP) is 2.38. The SMILES string of the molecule is CC(C)CNC(=O)CN1C(=O)N[C@](C)(c2ccc3ccccc3c2)C1=O. The largest absolute Gasteiger partial charge is 0.354 e. The number of urea groups is 1. The molecular formula is C20H23N3O3. The highest BCUT2D eigenvalue weighted by atomic mass is 16.2. The first-order valence-corrected chi connectivity index (χ1v) is 8.71. The normalized spacial score (nSPS) is 19.9. The molecule has 1 atom stereocenters. The lowest BCUT2D eigenvalue weighted by atomic mass is 9.90. The van der Waals surface area contributed by atoms with Gasteiger partial charge in [0.25, 0.3) is 5.91 Å². The number of benzene rings is 2. The first-order chi connectivity index (χ1) is 12.3. The maximum atomic E-state index is 12.9. The number of nitrogens with zero attached hydrogens (tertiary/aromatic N) is 1. The van der Waals surface area contributed by atoms with Gasteiger partial charge >= 0.3 is 6.03 Å². The molecular weight excluding hydrogens is 330 g/mol. The molecule has 1 aliphatic heterocycles. The number of amides is 4. The van der Waals surface area contributed by atoms with Gasteiger partial charge in [-0.1, -0.05) is 50.2 Å². The zero-order chi connectivity index (χ0) is 18.9. The van der Waals surface area contributed by atoms with Gasteiger partial charge in [-0.05, 0) is 35.2 Å². The summed E-state index contributed by atoms with van der Waals surface area (Å²) < 4.78 is 0. The Kier molecular flexibility index (Phi) is 4.68. The number of carbonyl (C=O) groups excluding carboxylic acids is 3. The summed E-state index contributed by atoms with van der Waals surface area (Å²) in [6.45, 7) is 5.85. The van der Waals surface area contributed by atoms with Gasteiger partial charge in [0.2, 0.25) is 5.91 Å². The zero-order valence-electron chi connectivity index (χ0n) is 15.2. The minimum Gasteiger partial charge on any atom is -0.354 e. The molecule has 1 fully saturated rings. The van der Waals surface area contributed by atoms with Crippen molar-refractivity contribution in [1.29, 1.82) is 0 Å². The molecule has 6 nitrogen and oxygen atoms in total. The molecule has 0 aromatic heterocycles. The fraction of sp³-hybridized carbons (Fsp3) is 0.350. The number of hydrogen-bond acceptors (Lipinski definition) is 3. The molecule has 0 spiro atoms. The average Bonchev–Trinajstić information content (AvgIpc) is 2.83. The Balaban J connectivity index is 1.82. The Labute approximate surface area is 152 Å². The second kappa shape index (κ2) is 6.78. The topological polar surface area (TPSA) is 78.5 Å². The standard InChI is InChI=1S/C20H23N3O3/c1-13(2)11-21-17(24)12-23-18(25)20(3,22-19(23)26)16-9-8-14-6-4-5-7-15(14)10-16/h4-10,13H,11-12H2,1-3H3,(H,21,24)(H,22,26)/t20-/m1/s1. The van der Waals surface area contributed by atoms with E-state index in [0.29, 0.717) is 18.0 Å². The first-order valence-electron chi connectivity index (χ1n) is 8.71. The van der Waals surface area contributed by atoms with Gasteiger partial charge in [0.05, 0.1) is 0 Å². The van der Waals surface area contributed by atoms with Crippen LogP contribution in [-0.2, 0) is 15.1 Å². The summed E-state index contributed by atoms with van der Waals surface area (Å²) in [6.07, 6.45) is 0. The van der Waals surface area contributed by atoms with Gasteiger partial charge in [-0.2, -0.15) is 0 Å². The van der Waals surface area contributed by atoms with E-state index in [1.54, 1.807) is 6.92 Å². The van der Waals surface area contributed by atoms with Gasteiger partial charge in [-0.25, -0.2) is 4.79 Å². The van der Waals surface area contributed by atoms with Crippen molar-refractivity contribution in [1.82, 2.24) is 15.5 Å². The first kappa shape index (κ1) is 17.9. The van der Waals surface area contributed by atoms with Crippen molar-refractivity contribution in [3.63, 3.8) is 0 Å². The van der Waals surface area contributed by atoms with Crippen molar-refractivity contribution in [3.05, 3.63) is 48.0 Å². The van der Waals surface area contributed by atoms with Crippen LogP contribution in [-0.4, -0.2) is 35.8 Å². The van der Waals surface area contributed by atoms with Crippen LogP contribution in [0.4, 0.5) is 4.79 Å². The third-order valence-corrected chi connectivity index (χ3v) is 4.61. The second-order valence-electron chi connectivity index (χ2n) is 7.21. The Morgan fingerprint density at radius 1 is 1.15 bits per heavy atom. The van der Waals surface area contributed by atoms with Crippen molar-refractivity contribution in [3.8, 4) is 0 Å². The highest BCUT2D eigenvalue weighted by Crippen LogP contribution is 2.30. The lowest BCUT2D eigenvalue weighted by Gasteiger charge is -2.22. The number of fused-ring (bicyclic) bond motifs is 1. The average molecular weight is 353 g/mol. The number of nitrogens with one attached hydrogen (secondary N) is 2. The molecule has 0 aliphatic carbocycles. The number of rotatable bonds is 5. The number of hydrogen-bond donors (Lipinski definition) is 2. The van der Waals surface area contributed by atoms with Crippen LogP contribution in [0.5, 0.6) is 0 Å². The van der Waals surface area contributed by atoms with Gasteiger partial charge in [-0.3, -0.25) is 14.5 Å². The van der Waals surface area contributed by atoms with E-state index < -0.39 is 17.5 Å². The molecule has 136 valence electrons. The smallest absolute Gasteiger partial charge is 0.325 e. The monoisotopic (exact) mass is 353 g/mol. The molecule has 1 aliphatic rings. The quantitative estimate of drug-likeness (QED) is 0.810. The summed E-state index contributed by atoms with van der Waals surface area (Å²) in [5.41, 5.74) is -0.487. The van der Waals surface area contributed by atoms with Gasteiger partial charge in [0.1, 0.15) is 12.1 Å². The van der Waals surface area contributed by atoms with Crippen LogP contribution in [0.15, 0.2) is 42.5 Å². The van der Waals surface area contributed by atoms with Crippen LogP contribution in [0.1, 0.15) is 26.3 Å². The van der Waals surface area contributed by atoms with E-state index in [4.69, 9.17) is 0 Å². The Morgan fingerprint density at radius 3 is 2.54 bits per heavy atom. The van der Waals surface area contributed by atoms with Crippen LogP contribution in [0.25, 0.3) is 10.8 Å². The van der Waals surface area contributed by atoms with E-state index in [0.717, 1.165) is 15.7 Å². The fourth-order valence-electron chi connectivity index (χ4n) is 3.05. The lowest BCUT2D eigenvalue weighted by Crippen LogP contribution is -2.43. The molecule has 2 aromatic rings. The summed E-state index contributed by atoms with van der Waals surface area (Å²) >= 11 is 0. The summed E-state index contributed by atoms with van der Waals surface area (Å²) in [6, 6.07) is 12.9. The number of imide groups is 1. The van der Waals surface area contributed by atoms with Crippen LogP contribution in [0.2, 0.25) is 0 Å². The molecule has 26 heavy (non-hydrogen) atoms. The van der Waals surface area contributed by atoms with Crippen molar-refractivity contribution in [2.24, 2.45) is 5.92 Å². The Morgan fingerprint density at radius 2 is 1.85 bits per heavy atom. The highest BCUT2D eigenvalue weighted by Gasteiger charge is 2.49. The van der Waals surface area contributed by atoms with E-state index in [1.807, 2.05) is 56.3 Å². The predicted molar refractivity (Wildman–Crippen MR) is 99.4 cm³/mol. The van der Waals surface area contributed by atoms with Crippen LogP contribution < -0.4 is 10.6 Å². The molecule has 3 rings (SSSR count). The summed E-state index contributed by atoms with van der Waals surface area (Å²) in [5.74, 6) is -0.465. The van der Waals surface area contributed by atoms with E-state index in [2.05, 4.69) is 10.6 Å². The molecule has 6 heteroatoms. The van der Waals surface area contributed by atoms with Gasteiger partial charge < -0.3 is 10.6 Å². The summed E-state index contributed by atoms with van der Waals surface area (Å²) in [7, 11) is 0. The summed E-state index contributed by atoms with van der Waals surface area (Å²) in [5, 5.41) is 7.51. The van der Waals surface area contributed by atoms with E-state index >= 15 is 0 Å². The maximum absolute atomic E-state index is 12.9. The van der Waals surface area contributed by atoms with E-state index in [-0.39, 0.29) is 12.5 Å². The third-order valence-electron chi connectivity index (χ3n) is 4.61. The van der Waals surface area contributed by atoms with Crippen molar-refractivity contribution < 1.29 is 14.4 Å². The minimum atomic E-state index is -1.18. The molecule has 0 unspecified atom stereocenters. The third kappa shape index (κ3) is 3.27. The zero-order valence-corrected chi connectivity index (χ0v) is 15.2. The van der Waals surface area contributed by atoms with Crippen LogP contribution in [0.3, 0.4) is 0 Å². The van der Waals surface area contributed by atoms with Crippen LogP contribution in [0, 0.1) is 5.92 Å². The molecule has 2 aromatic carbocycles. The Hall–Kier alpha value is -2.89. The van der Waals surface area contributed by atoms with Crippen molar-refractivity contribution in [2.45, 2.75) is 26.3 Å². The molecule has 1 heterocycles. The molecule has 4 amide bonds. The van der Waals surface area contributed by atoms with Gasteiger partial charge in [0, 0.05) is 6.54 Å². The second-order valence-corrected chi connectivity index (χ2v) is 7.21. The van der Waals surface area contributed by atoms with Gasteiger partial charge in [-0.15, -0.1) is 0 Å². The summed E-state index contributed by atoms with van der Waals surface area (Å²) in [4.78, 5) is 38.2. The molecule has 1 saturated heterocycles. The molecule has 0 bridgehead atoms. The fourth-order valence-corrected chi connectivity index (χ4v) is 3.05. The molecule has 0 radical (unpaired) electrons. The number of carbonyl (C=O) groups is 3. The molecule has 2 N–H and O–H groups in total. The van der Waals surface area contributed by atoms with Crippen molar-refractivity contribution in [2.75, 3.05) is 13.1 Å². The van der Waals surface area contributed by atoms with Crippen molar-refractivity contribution >= 4 is 28.6 Å². The van der Waals surface area contributed by atoms with E-state index in [9.17, 15) is 14.4 Å². The van der Waals surface area contributed by atoms with E-state index in [1.165, 1.54) is 0 Å².